The van der Waals surface area contributed by atoms with Crippen LogP contribution in [0.4, 0.5) is 0 Å². The molecule has 0 amide bonds. The highest BCUT2D eigenvalue weighted by Gasteiger charge is 2.20. The Bertz CT molecular complexity index is 363. The Kier molecular flexibility index (Phi) is 4.86. The first-order valence-corrected chi connectivity index (χ1v) is 7.21. The monoisotopic (exact) mass is 297 g/mol. The highest BCUT2D eigenvalue weighted by atomic mass is 79.9. The molecule has 1 aromatic carbocycles. The second-order valence-corrected chi connectivity index (χ2v) is 5.53. The first kappa shape index (κ1) is 12.9. The number of rotatable bonds is 7. The molecule has 1 fully saturated rings. The van der Waals surface area contributed by atoms with Gasteiger partial charge in [0.05, 0.1) is 6.61 Å². The fourth-order valence-electron chi connectivity index (χ4n) is 1.83. The van der Waals surface area contributed by atoms with Gasteiger partial charge in [0.15, 0.2) is 0 Å². The van der Waals surface area contributed by atoms with E-state index >= 15 is 0 Å². The predicted octanol–water partition coefficient (Wildman–Crippen LogP) is 3.74. The molecule has 0 aromatic heterocycles. The molecular weight excluding hydrogens is 278 g/mol. The zero-order valence-corrected chi connectivity index (χ0v) is 11.9. The lowest BCUT2D eigenvalue weighted by Gasteiger charge is -2.12. The minimum Gasteiger partial charge on any atom is -0.493 e. The average molecular weight is 298 g/mol. The van der Waals surface area contributed by atoms with Crippen molar-refractivity contribution in [1.29, 1.82) is 0 Å². The summed E-state index contributed by atoms with van der Waals surface area (Å²) in [6, 6.07) is 6.24. The number of benzene rings is 1. The van der Waals surface area contributed by atoms with Crippen LogP contribution in [0.15, 0.2) is 22.7 Å². The highest BCUT2D eigenvalue weighted by molar-refractivity contribution is 9.10. The molecular formula is C14H20BrNO. The lowest BCUT2D eigenvalue weighted by atomic mass is 10.2. The lowest BCUT2D eigenvalue weighted by molar-refractivity contribution is 0.299. The molecule has 2 nitrogen and oxygen atoms in total. The van der Waals surface area contributed by atoms with Gasteiger partial charge in [-0.05, 0) is 37.1 Å². The van der Waals surface area contributed by atoms with Gasteiger partial charge >= 0.3 is 0 Å². The number of hydrogen-bond acceptors (Lipinski definition) is 2. The van der Waals surface area contributed by atoms with E-state index in [-0.39, 0.29) is 0 Å². The fourth-order valence-corrected chi connectivity index (χ4v) is 2.24. The minimum absolute atomic E-state index is 0.853. The van der Waals surface area contributed by atoms with E-state index in [0.717, 1.165) is 35.8 Å². The van der Waals surface area contributed by atoms with Crippen LogP contribution >= 0.6 is 15.9 Å². The van der Waals surface area contributed by atoms with Gasteiger partial charge in [-0.1, -0.05) is 35.7 Å². The van der Waals surface area contributed by atoms with Crippen LogP contribution in [-0.2, 0) is 6.54 Å². The zero-order valence-electron chi connectivity index (χ0n) is 10.3. The van der Waals surface area contributed by atoms with E-state index in [0.29, 0.717) is 0 Å². The van der Waals surface area contributed by atoms with Crippen molar-refractivity contribution in [3.63, 3.8) is 0 Å². The number of hydrogen-bond donors (Lipinski definition) is 1. The Hall–Kier alpha value is -0.540. The summed E-state index contributed by atoms with van der Waals surface area (Å²) < 4.78 is 6.99. The summed E-state index contributed by atoms with van der Waals surface area (Å²) in [5.41, 5.74) is 1.23. The van der Waals surface area contributed by atoms with E-state index in [1.165, 1.54) is 24.8 Å². The van der Waals surface area contributed by atoms with Gasteiger partial charge in [-0.2, -0.15) is 0 Å². The third kappa shape index (κ3) is 4.32. The maximum Gasteiger partial charge on any atom is 0.123 e. The SMILES string of the molecule is CCNCc1cc(Br)ccc1OCCC1CC1. The summed E-state index contributed by atoms with van der Waals surface area (Å²) >= 11 is 3.51. The molecule has 1 aliphatic carbocycles. The predicted molar refractivity (Wildman–Crippen MR) is 74.4 cm³/mol. The van der Waals surface area contributed by atoms with Crippen LogP contribution in [0, 0.1) is 5.92 Å². The third-order valence-corrected chi connectivity index (χ3v) is 3.56. The van der Waals surface area contributed by atoms with E-state index in [9.17, 15) is 0 Å². The Morgan fingerprint density at radius 1 is 1.41 bits per heavy atom. The second kappa shape index (κ2) is 6.41. The molecule has 1 N–H and O–H groups in total. The summed E-state index contributed by atoms with van der Waals surface area (Å²) in [5, 5.41) is 3.34. The molecule has 0 radical (unpaired) electrons. The topological polar surface area (TPSA) is 21.3 Å². The molecule has 2 rings (SSSR count). The van der Waals surface area contributed by atoms with E-state index in [1.54, 1.807) is 0 Å². The van der Waals surface area contributed by atoms with Crippen molar-refractivity contribution in [3.8, 4) is 5.75 Å². The van der Waals surface area contributed by atoms with Crippen LogP contribution in [0.25, 0.3) is 0 Å². The maximum atomic E-state index is 5.88. The van der Waals surface area contributed by atoms with E-state index < -0.39 is 0 Å². The molecule has 1 saturated carbocycles. The molecule has 1 aromatic rings. The van der Waals surface area contributed by atoms with E-state index in [1.807, 2.05) is 6.07 Å². The van der Waals surface area contributed by atoms with Gasteiger partial charge in [-0.25, -0.2) is 0 Å². The molecule has 3 heteroatoms. The summed E-state index contributed by atoms with van der Waals surface area (Å²) in [5.74, 6) is 1.96. The zero-order chi connectivity index (χ0) is 12.1. The van der Waals surface area contributed by atoms with Gasteiger partial charge in [0, 0.05) is 16.6 Å². The third-order valence-electron chi connectivity index (χ3n) is 3.07. The average Bonchev–Trinajstić information content (AvgIpc) is 3.13. The highest BCUT2D eigenvalue weighted by Crippen LogP contribution is 2.32. The Morgan fingerprint density at radius 2 is 2.24 bits per heavy atom. The van der Waals surface area contributed by atoms with Crippen LogP contribution in [0.3, 0.4) is 0 Å². The van der Waals surface area contributed by atoms with Crippen molar-refractivity contribution in [3.05, 3.63) is 28.2 Å². The Morgan fingerprint density at radius 3 is 2.94 bits per heavy atom. The largest absolute Gasteiger partial charge is 0.493 e. The Balaban J connectivity index is 1.92. The number of halogens is 1. The van der Waals surface area contributed by atoms with Crippen LogP contribution < -0.4 is 10.1 Å². The van der Waals surface area contributed by atoms with Crippen molar-refractivity contribution in [2.24, 2.45) is 5.92 Å². The van der Waals surface area contributed by atoms with Crippen LogP contribution in [0.2, 0.25) is 0 Å². The van der Waals surface area contributed by atoms with Gasteiger partial charge in [0.2, 0.25) is 0 Å². The normalized spacial score (nSPS) is 14.9. The van der Waals surface area contributed by atoms with Gasteiger partial charge in [-0.3, -0.25) is 0 Å². The lowest BCUT2D eigenvalue weighted by Crippen LogP contribution is -2.13. The molecule has 0 saturated heterocycles. The first-order chi connectivity index (χ1) is 8.29. The van der Waals surface area contributed by atoms with E-state index in [4.69, 9.17) is 4.74 Å². The quantitative estimate of drug-likeness (QED) is 0.828. The molecule has 0 atom stereocenters. The molecule has 17 heavy (non-hydrogen) atoms. The van der Waals surface area contributed by atoms with Crippen molar-refractivity contribution in [2.75, 3.05) is 13.2 Å². The molecule has 0 aliphatic heterocycles. The van der Waals surface area contributed by atoms with Crippen molar-refractivity contribution in [1.82, 2.24) is 5.32 Å². The summed E-state index contributed by atoms with van der Waals surface area (Å²) in [7, 11) is 0. The molecule has 94 valence electrons. The van der Waals surface area contributed by atoms with Crippen molar-refractivity contribution < 1.29 is 4.74 Å². The Labute approximate surface area is 112 Å². The van der Waals surface area contributed by atoms with Gasteiger partial charge < -0.3 is 10.1 Å². The summed E-state index contributed by atoms with van der Waals surface area (Å²) in [6.07, 6.45) is 4.00. The van der Waals surface area contributed by atoms with E-state index in [2.05, 4.69) is 40.3 Å². The van der Waals surface area contributed by atoms with Crippen molar-refractivity contribution in [2.45, 2.75) is 32.7 Å². The smallest absolute Gasteiger partial charge is 0.123 e. The first-order valence-electron chi connectivity index (χ1n) is 6.41. The van der Waals surface area contributed by atoms with Crippen LogP contribution in [0.1, 0.15) is 31.7 Å². The molecule has 0 bridgehead atoms. The molecule has 0 unspecified atom stereocenters. The number of ether oxygens (including phenoxy) is 1. The molecule has 0 heterocycles. The van der Waals surface area contributed by atoms with Crippen LogP contribution in [-0.4, -0.2) is 13.2 Å². The molecule has 0 spiro atoms. The molecule has 1 aliphatic rings. The maximum absolute atomic E-state index is 5.88. The van der Waals surface area contributed by atoms with Crippen molar-refractivity contribution >= 4 is 15.9 Å². The van der Waals surface area contributed by atoms with Gasteiger partial charge in [0.25, 0.3) is 0 Å². The van der Waals surface area contributed by atoms with Gasteiger partial charge in [-0.15, -0.1) is 0 Å². The van der Waals surface area contributed by atoms with Gasteiger partial charge in [0.1, 0.15) is 5.75 Å². The summed E-state index contributed by atoms with van der Waals surface area (Å²) in [6.45, 7) is 4.82. The minimum atomic E-state index is 0.853. The summed E-state index contributed by atoms with van der Waals surface area (Å²) in [4.78, 5) is 0. The second-order valence-electron chi connectivity index (χ2n) is 4.61. The standard InChI is InChI=1S/C14H20BrNO/c1-2-16-10-12-9-13(15)5-6-14(12)17-8-7-11-3-4-11/h5-6,9,11,16H,2-4,7-8,10H2,1H3. The van der Waals surface area contributed by atoms with Crippen LogP contribution in [0.5, 0.6) is 5.75 Å². The fraction of sp³-hybridized carbons (Fsp3) is 0.571. The number of nitrogens with one attached hydrogen (secondary N) is 1.